The van der Waals surface area contributed by atoms with Crippen LogP contribution in [0.5, 0.6) is 0 Å². The molecule has 0 bridgehead atoms. The van der Waals surface area contributed by atoms with Crippen molar-refractivity contribution in [1.82, 2.24) is 9.97 Å². The van der Waals surface area contributed by atoms with E-state index in [-0.39, 0.29) is 0 Å². The van der Waals surface area contributed by atoms with Gasteiger partial charge in [0.05, 0.1) is 5.52 Å². The number of aromatic nitrogens is 2. The molecule has 1 aliphatic rings. The maximum atomic E-state index is 5.88. The Morgan fingerprint density at radius 3 is 2.84 bits per heavy atom. The molecule has 2 heterocycles. The normalized spacial score (nSPS) is 16.7. The molecule has 1 saturated heterocycles. The average molecular weight is 258 g/mol. The van der Waals surface area contributed by atoms with Gasteiger partial charge in [-0.05, 0) is 31.0 Å². The molecule has 2 N–H and O–H groups in total. The summed E-state index contributed by atoms with van der Waals surface area (Å²) in [5.74, 6) is 0.948. The van der Waals surface area contributed by atoms with Gasteiger partial charge in [0, 0.05) is 37.4 Å². The molecule has 5 heteroatoms. The molecule has 0 atom stereocenters. The summed E-state index contributed by atoms with van der Waals surface area (Å²) in [6.45, 7) is 1.64. The SMILES string of the molecule is CN(c1ncnc2ccc(N)cc12)C1CCOCC1. The van der Waals surface area contributed by atoms with Crippen LogP contribution in [-0.4, -0.2) is 36.3 Å². The Morgan fingerprint density at radius 1 is 1.26 bits per heavy atom. The first kappa shape index (κ1) is 12.2. The molecule has 2 aromatic rings. The molecule has 0 amide bonds. The number of fused-ring (bicyclic) bond motifs is 1. The Hall–Kier alpha value is -1.88. The van der Waals surface area contributed by atoms with Crippen molar-refractivity contribution >= 4 is 22.4 Å². The van der Waals surface area contributed by atoms with E-state index in [0.717, 1.165) is 48.5 Å². The van der Waals surface area contributed by atoms with Crippen molar-refractivity contribution in [1.29, 1.82) is 0 Å². The fourth-order valence-electron chi connectivity index (χ4n) is 2.59. The monoisotopic (exact) mass is 258 g/mol. The van der Waals surface area contributed by atoms with Gasteiger partial charge in [-0.2, -0.15) is 0 Å². The molecule has 5 nitrogen and oxygen atoms in total. The number of ether oxygens (including phenoxy) is 1. The van der Waals surface area contributed by atoms with Gasteiger partial charge in [-0.25, -0.2) is 9.97 Å². The first-order valence-electron chi connectivity index (χ1n) is 6.56. The standard InChI is InChI=1S/C14H18N4O/c1-18(11-4-6-19-7-5-11)14-12-8-10(15)2-3-13(12)16-9-17-14/h2-3,8-9,11H,4-7,15H2,1H3. The van der Waals surface area contributed by atoms with E-state index < -0.39 is 0 Å². The molecule has 1 fully saturated rings. The minimum Gasteiger partial charge on any atom is -0.399 e. The summed E-state index contributed by atoms with van der Waals surface area (Å²) in [7, 11) is 2.08. The topological polar surface area (TPSA) is 64.3 Å². The van der Waals surface area contributed by atoms with Crippen LogP contribution in [0.15, 0.2) is 24.5 Å². The number of hydrogen-bond donors (Lipinski definition) is 1. The van der Waals surface area contributed by atoms with Crippen molar-refractivity contribution in [2.75, 3.05) is 30.9 Å². The van der Waals surface area contributed by atoms with Crippen molar-refractivity contribution in [3.8, 4) is 0 Å². The minimum atomic E-state index is 0.466. The van der Waals surface area contributed by atoms with E-state index in [0.29, 0.717) is 6.04 Å². The van der Waals surface area contributed by atoms with Crippen molar-refractivity contribution in [2.45, 2.75) is 18.9 Å². The van der Waals surface area contributed by atoms with Gasteiger partial charge in [-0.3, -0.25) is 0 Å². The van der Waals surface area contributed by atoms with Crippen molar-refractivity contribution in [3.63, 3.8) is 0 Å². The summed E-state index contributed by atoms with van der Waals surface area (Å²) in [6.07, 6.45) is 3.68. The third kappa shape index (κ3) is 2.33. The number of nitrogen functional groups attached to an aromatic ring is 1. The number of benzene rings is 1. The van der Waals surface area contributed by atoms with Gasteiger partial charge in [0.25, 0.3) is 0 Å². The maximum Gasteiger partial charge on any atom is 0.139 e. The molecular weight excluding hydrogens is 240 g/mol. The highest BCUT2D eigenvalue weighted by atomic mass is 16.5. The zero-order chi connectivity index (χ0) is 13.2. The largest absolute Gasteiger partial charge is 0.399 e. The summed E-state index contributed by atoms with van der Waals surface area (Å²) >= 11 is 0. The highest BCUT2D eigenvalue weighted by Gasteiger charge is 2.21. The molecule has 1 aromatic heterocycles. The lowest BCUT2D eigenvalue weighted by Crippen LogP contribution is -2.37. The Labute approximate surface area is 112 Å². The molecule has 1 aliphatic heterocycles. The third-order valence-electron chi connectivity index (χ3n) is 3.71. The van der Waals surface area contributed by atoms with E-state index in [2.05, 4.69) is 21.9 Å². The molecule has 0 aliphatic carbocycles. The molecule has 0 spiro atoms. The number of nitrogens with two attached hydrogens (primary N) is 1. The second-order valence-electron chi connectivity index (χ2n) is 4.93. The lowest BCUT2D eigenvalue weighted by atomic mass is 10.1. The molecule has 1 aromatic carbocycles. The van der Waals surface area contributed by atoms with Gasteiger partial charge in [0.1, 0.15) is 12.1 Å². The summed E-state index contributed by atoms with van der Waals surface area (Å²) in [6, 6.07) is 6.22. The van der Waals surface area contributed by atoms with Gasteiger partial charge in [0.15, 0.2) is 0 Å². The zero-order valence-electron chi connectivity index (χ0n) is 11.0. The summed E-state index contributed by atoms with van der Waals surface area (Å²) < 4.78 is 5.41. The lowest BCUT2D eigenvalue weighted by molar-refractivity contribution is 0.0854. The van der Waals surface area contributed by atoms with Gasteiger partial charge in [0.2, 0.25) is 0 Å². The van der Waals surface area contributed by atoms with Gasteiger partial charge >= 0.3 is 0 Å². The van der Waals surface area contributed by atoms with E-state index in [1.807, 2.05) is 18.2 Å². The first-order chi connectivity index (χ1) is 9.25. The second kappa shape index (κ2) is 5.01. The van der Waals surface area contributed by atoms with Crippen LogP contribution < -0.4 is 10.6 Å². The van der Waals surface area contributed by atoms with Crippen LogP contribution in [0.25, 0.3) is 10.9 Å². The summed E-state index contributed by atoms with van der Waals surface area (Å²) in [5.41, 5.74) is 7.55. The zero-order valence-corrected chi connectivity index (χ0v) is 11.0. The molecule has 3 rings (SSSR count). The van der Waals surface area contributed by atoms with E-state index in [9.17, 15) is 0 Å². The molecule has 0 radical (unpaired) electrons. The van der Waals surface area contributed by atoms with E-state index >= 15 is 0 Å². The highest BCUT2D eigenvalue weighted by molar-refractivity contribution is 5.91. The molecule has 0 saturated carbocycles. The average Bonchev–Trinajstić information content (AvgIpc) is 2.47. The smallest absolute Gasteiger partial charge is 0.139 e. The third-order valence-corrected chi connectivity index (χ3v) is 3.71. The second-order valence-corrected chi connectivity index (χ2v) is 4.93. The van der Waals surface area contributed by atoms with Crippen molar-refractivity contribution in [2.24, 2.45) is 0 Å². The predicted octanol–water partition coefficient (Wildman–Crippen LogP) is 1.83. The molecule has 0 unspecified atom stereocenters. The fraction of sp³-hybridized carbons (Fsp3) is 0.429. The van der Waals surface area contributed by atoms with Crippen LogP contribution in [0.2, 0.25) is 0 Å². The maximum absolute atomic E-state index is 5.88. The van der Waals surface area contributed by atoms with Crippen LogP contribution in [0.1, 0.15) is 12.8 Å². The van der Waals surface area contributed by atoms with Crippen molar-refractivity contribution in [3.05, 3.63) is 24.5 Å². The first-order valence-corrected chi connectivity index (χ1v) is 6.56. The summed E-state index contributed by atoms with van der Waals surface area (Å²) in [5, 5.41) is 1.01. The van der Waals surface area contributed by atoms with Gasteiger partial charge in [-0.15, -0.1) is 0 Å². The molecule has 100 valence electrons. The minimum absolute atomic E-state index is 0.466. The summed E-state index contributed by atoms with van der Waals surface area (Å²) in [4.78, 5) is 11.0. The van der Waals surface area contributed by atoms with Gasteiger partial charge in [-0.1, -0.05) is 0 Å². The highest BCUT2D eigenvalue weighted by Crippen LogP contribution is 2.27. The van der Waals surface area contributed by atoms with Crippen LogP contribution in [0.4, 0.5) is 11.5 Å². The fourth-order valence-corrected chi connectivity index (χ4v) is 2.59. The Balaban J connectivity index is 2.01. The number of nitrogens with zero attached hydrogens (tertiary/aromatic N) is 3. The number of rotatable bonds is 2. The Kier molecular flexibility index (Phi) is 3.21. The lowest BCUT2D eigenvalue weighted by Gasteiger charge is -2.32. The van der Waals surface area contributed by atoms with Crippen LogP contribution in [0, 0.1) is 0 Å². The van der Waals surface area contributed by atoms with Crippen molar-refractivity contribution < 1.29 is 4.74 Å². The van der Waals surface area contributed by atoms with E-state index in [4.69, 9.17) is 10.5 Å². The number of anilines is 2. The van der Waals surface area contributed by atoms with Gasteiger partial charge < -0.3 is 15.4 Å². The molecule has 19 heavy (non-hydrogen) atoms. The quantitative estimate of drug-likeness (QED) is 0.832. The van der Waals surface area contributed by atoms with Crippen LogP contribution >= 0.6 is 0 Å². The number of hydrogen-bond acceptors (Lipinski definition) is 5. The predicted molar refractivity (Wildman–Crippen MR) is 76.2 cm³/mol. The Bertz CT molecular complexity index is 581. The van der Waals surface area contributed by atoms with Crippen LogP contribution in [-0.2, 0) is 4.74 Å². The van der Waals surface area contributed by atoms with Crippen LogP contribution in [0.3, 0.4) is 0 Å². The Morgan fingerprint density at radius 2 is 2.05 bits per heavy atom. The van der Waals surface area contributed by atoms with E-state index in [1.54, 1.807) is 6.33 Å². The van der Waals surface area contributed by atoms with E-state index in [1.165, 1.54) is 0 Å². The molecular formula is C14H18N4O.